The molecule has 1 aliphatic rings. The Hall–Kier alpha value is -0.670. The van der Waals surface area contributed by atoms with E-state index in [2.05, 4.69) is 0 Å². The van der Waals surface area contributed by atoms with Crippen molar-refractivity contribution in [1.29, 1.82) is 0 Å². The van der Waals surface area contributed by atoms with Crippen molar-refractivity contribution in [2.45, 2.75) is 51.5 Å². The molecular weight excluding hydrogens is 200 g/mol. The minimum Gasteiger partial charge on any atom is -0.343 e. The Balaban J connectivity index is 2.60. The Morgan fingerprint density at radius 3 is 2.53 bits per heavy atom. The second-order valence-corrected chi connectivity index (χ2v) is 4.69. The lowest BCUT2D eigenvalue weighted by Crippen LogP contribution is -2.41. The standard InChI is InChI=1S/C11H19F2NO/c1-8(2)14(3)10(15)9-5-4-6-11(12,13)7-9/h8-9H,4-7H2,1-3H3/t9-/m1/s1. The van der Waals surface area contributed by atoms with E-state index < -0.39 is 11.8 Å². The number of carbonyl (C=O) groups excluding carboxylic acids is 1. The fraction of sp³-hybridized carbons (Fsp3) is 0.909. The molecule has 1 amide bonds. The maximum Gasteiger partial charge on any atom is 0.248 e. The molecule has 88 valence electrons. The predicted molar refractivity (Wildman–Crippen MR) is 54.8 cm³/mol. The number of nitrogens with zero attached hydrogens (tertiary/aromatic N) is 1. The van der Waals surface area contributed by atoms with E-state index in [0.717, 1.165) is 0 Å². The number of hydrogen-bond acceptors (Lipinski definition) is 1. The first kappa shape index (κ1) is 12.4. The second kappa shape index (κ2) is 4.45. The summed E-state index contributed by atoms with van der Waals surface area (Å²) in [7, 11) is 1.68. The number of hydrogen-bond donors (Lipinski definition) is 0. The van der Waals surface area contributed by atoms with Crippen LogP contribution in [-0.4, -0.2) is 29.8 Å². The normalized spacial score (nSPS) is 25.3. The molecule has 0 aromatic rings. The van der Waals surface area contributed by atoms with Crippen LogP contribution in [0.3, 0.4) is 0 Å². The molecule has 2 nitrogen and oxygen atoms in total. The zero-order valence-electron chi connectivity index (χ0n) is 9.59. The highest BCUT2D eigenvalue weighted by atomic mass is 19.3. The summed E-state index contributed by atoms with van der Waals surface area (Å²) in [5, 5.41) is 0. The SMILES string of the molecule is CC(C)N(C)C(=O)[C@@H]1CCCC(F)(F)C1. The van der Waals surface area contributed by atoms with Gasteiger partial charge in [-0.15, -0.1) is 0 Å². The average Bonchev–Trinajstić information content (AvgIpc) is 2.13. The van der Waals surface area contributed by atoms with Crippen LogP contribution in [0.2, 0.25) is 0 Å². The Labute approximate surface area is 89.6 Å². The van der Waals surface area contributed by atoms with Crippen LogP contribution in [0, 0.1) is 5.92 Å². The number of amides is 1. The maximum atomic E-state index is 13.1. The van der Waals surface area contributed by atoms with Gasteiger partial charge in [0.2, 0.25) is 11.8 Å². The number of carbonyl (C=O) groups is 1. The van der Waals surface area contributed by atoms with Gasteiger partial charge in [-0.25, -0.2) is 8.78 Å². The third-order valence-corrected chi connectivity index (χ3v) is 3.11. The fourth-order valence-electron chi connectivity index (χ4n) is 1.92. The quantitative estimate of drug-likeness (QED) is 0.699. The van der Waals surface area contributed by atoms with Crippen molar-refractivity contribution in [1.82, 2.24) is 4.90 Å². The van der Waals surface area contributed by atoms with E-state index in [0.29, 0.717) is 12.8 Å². The fourth-order valence-corrected chi connectivity index (χ4v) is 1.92. The first-order valence-electron chi connectivity index (χ1n) is 5.48. The molecule has 0 aliphatic heterocycles. The van der Waals surface area contributed by atoms with Crippen LogP contribution < -0.4 is 0 Å². The minimum atomic E-state index is -2.64. The maximum absolute atomic E-state index is 13.1. The molecule has 0 heterocycles. The van der Waals surface area contributed by atoms with Crippen molar-refractivity contribution in [2.24, 2.45) is 5.92 Å². The van der Waals surface area contributed by atoms with Crippen LogP contribution in [0.25, 0.3) is 0 Å². The van der Waals surface area contributed by atoms with Gasteiger partial charge < -0.3 is 4.90 Å². The van der Waals surface area contributed by atoms with E-state index in [1.807, 2.05) is 13.8 Å². The lowest BCUT2D eigenvalue weighted by Gasteiger charge is -2.32. The van der Waals surface area contributed by atoms with Crippen LogP contribution in [0.1, 0.15) is 39.5 Å². The molecule has 4 heteroatoms. The monoisotopic (exact) mass is 219 g/mol. The van der Waals surface area contributed by atoms with Crippen molar-refractivity contribution in [2.75, 3.05) is 7.05 Å². The first-order chi connectivity index (χ1) is 6.83. The smallest absolute Gasteiger partial charge is 0.248 e. The first-order valence-corrected chi connectivity index (χ1v) is 5.48. The van der Waals surface area contributed by atoms with E-state index in [1.54, 1.807) is 11.9 Å². The third kappa shape index (κ3) is 3.14. The molecule has 0 N–H and O–H groups in total. The lowest BCUT2D eigenvalue weighted by molar-refractivity contribution is -0.142. The van der Waals surface area contributed by atoms with Gasteiger partial charge in [0.1, 0.15) is 0 Å². The zero-order valence-corrected chi connectivity index (χ0v) is 9.59. The van der Waals surface area contributed by atoms with E-state index in [4.69, 9.17) is 0 Å². The van der Waals surface area contributed by atoms with Crippen molar-refractivity contribution < 1.29 is 13.6 Å². The van der Waals surface area contributed by atoms with Crippen molar-refractivity contribution in [3.8, 4) is 0 Å². The largest absolute Gasteiger partial charge is 0.343 e. The van der Waals surface area contributed by atoms with Crippen LogP contribution >= 0.6 is 0 Å². The van der Waals surface area contributed by atoms with E-state index in [-0.39, 0.29) is 24.8 Å². The van der Waals surface area contributed by atoms with Crippen LogP contribution in [-0.2, 0) is 4.79 Å². The Morgan fingerprint density at radius 1 is 1.47 bits per heavy atom. The molecule has 1 fully saturated rings. The van der Waals surface area contributed by atoms with E-state index >= 15 is 0 Å². The van der Waals surface area contributed by atoms with Gasteiger partial charge in [0.25, 0.3) is 0 Å². The topological polar surface area (TPSA) is 20.3 Å². The van der Waals surface area contributed by atoms with Crippen LogP contribution in [0.4, 0.5) is 8.78 Å². The van der Waals surface area contributed by atoms with Gasteiger partial charge in [-0.1, -0.05) is 0 Å². The highest BCUT2D eigenvalue weighted by Gasteiger charge is 2.40. The zero-order chi connectivity index (χ0) is 11.6. The summed E-state index contributed by atoms with van der Waals surface area (Å²) in [6.45, 7) is 3.78. The Kier molecular flexibility index (Phi) is 3.68. The van der Waals surface area contributed by atoms with Gasteiger partial charge in [0.05, 0.1) is 0 Å². The van der Waals surface area contributed by atoms with Gasteiger partial charge >= 0.3 is 0 Å². The summed E-state index contributed by atoms with van der Waals surface area (Å²) in [6, 6.07) is 0.0769. The summed E-state index contributed by atoms with van der Waals surface area (Å²) in [5.41, 5.74) is 0. The van der Waals surface area contributed by atoms with Crippen molar-refractivity contribution in [3.05, 3.63) is 0 Å². The highest BCUT2D eigenvalue weighted by molar-refractivity contribution is 5.79. The molecule has 0 unspecified atom stereocenters. The van der Waals surface area contributed by atoms with E-state index in [1.165, 1.54) is 0 Å². The van der Waals surface area contributed by atoms with E-state index in [9.17, 15) is 13.6 Å². The van der Waals surface area contributed by atoms with Crippen LogP contribution in [0.5, 0.6) is 0 Å². The number of alkyl halides is 2. The van der Waals surface area contributed by atoms with Gasteiger partial charge in [-0.3, -0.25) is 4.79 Å². The predicted octanol–water partition coefficient (Wildman–Crippen LogP) is 2.68. The molecule has 1 aliphatic carbocycles. The highest BCUT2D eigenvalue weighted by Crippen LogP contribution is 2.37. The molecule has 15 heavy (non-hydrogen) atoms. The molecule has 1 rings (SSSR count). The molecule has 0 bridgehead atoms. The summed E-state index contributed by atoms with van der Waals surface area (Å²) in [6.07, 6.45) is 0.714. The summed E-state index contributed by atoms with van der Waals surface area (Å²) in [5.74, 6) is -3.26. The lowest BCUT2D eigenvalue weighted by atomic mass is 9.85. The molecule has 0 aromatic carbocycles. The van der Waals surface area contributed by atoms with Gasteiger partial charge in [-0.2, -0.15) is 0 Å². The average molecular weight is 219 g/mol. The van der Waals surface area contributed by atoms with Gasteiger partial charge in [0, 0.05) is 31.8 Å². The Bertz CT molecular complexity index is 241. The Morgan fingerprint density at radius 2 is 2.07 bits per heavy atom. The van der Waals surface area contributed by atoms with Crippen LogP contribution in [0.15, 0.2) is 0 Å². The minimum absolute atomic E-state index is 0.0673. The molecule has 0 aromatic heterocycles. The number of rotatable bonds is 2. The second-order valence-electron chi connectivity index (χ2n) is 4.69. The molecule has 0 saturated heterocycles. The molecule has 0 spiro atoms. The number of halogens is 2. The molecule has 1 saturated carbocycles. The van der Waals surface area contributed by atoms with Gasteiger partial charge in [-0.05, 0) is 26.7 Å². The summed E-state index contributed by atoms with van der Waals surface area (Å²) >= 11 is 0. The molecular formula is C11H19F2NO. The summed E-state index contributed by atoms with van der Waals surface area (Å²) < 4.78 is 26.2. The molecule has 0 radical (unpaired) electrons. The van der Waals surface area contributed by atoms with Gasteiger partial charge in [0.15, 0.2) is 0 Å². The summed E-state index contributed by atoms with van der Waals surface area (Å²) in [4.78, 5) is 13.4. The molecule has 1 atom stereocenters. The van der Waals surface area contributed by atoms with Crippen molar-refractivity contribution >= 4 is 5.91 Å². The van der Waals surface area contributed by atoms with Crippen molar-refractivity contribution in [3.63, 3.8) is 0 Å². The third-order valence-electron chi connectivity index (χ3n) is 3.11.